The Labute approximate surface area is 213 Å². The number of halogens is 1. The quantitative estimate of drug-likeness (QED) is 0.313. The summed E-state index contributed by atoms with van der Waals surface area (Å²) >= 11 is 0. The minimum absolute atomic E-state index is 0.00263. The van der Waals surface area contributed by atoms with Gasteiger partial charge in [0.15, 0.2) is 5.82 Å². The zero-order chi connectivity index (χ0) is 26.9. The average Bonchev–Trinajstić information content (AvgIpc) is 3.28. The molecule has 1 aromatic carbocycles. The van der Waals surface area contributed by atoms with Crippen molar-refractivity contribution in [3.63, 3.8) is 0 Å². The molecule has 5 rings (SSSR count). The summed E-state index contributed by atoms with van der Waals surface area (Å²) in [5.41, 5.74) is 12.6. The highest BCUT2D eigenvalue weighted by Crippen LogP contribution is 2.38. The maximum Gasteiger partial charge on any atom is 0.255 e. The second kappa shape index (κ2) is 10.4. The number of H-pyrrole nitrogens is 1. The number of aliphatic hydroxyl groups excluding tert-OH is 1. The highest BCUT2D eigenvalue weighted by atomic mass is 19.1. The first-order chi connectivity index (χ1) is 17.6. The smallest absolute Gasteiger partial charge is 0.255 e. The number of nitrogen functional groups attached to an aromatic ring is 1. The second-order valence-corrected chi connectivity index (χ2v) is 9.24. The van der Waals surface area contributed by atoms with E-state index >= 15 is 0 Å². The molecule has 2 fully saturated rings. The van der Waals surface area contributed by atoms with Crippen LogP contribution in [0.2, 0.25) is 0 Å². The first-order valence-corrected chi connectivity index (χ1v) is 12.1. The molecule has 0 bridgehead atoms. The molecular weight excluding hydrogens is 477 g/mol. The van der Waals surface area contributed by atoms with Crippen molar-refractivity contribution in [2.24, 2.45) is 5.73 Å². The number of hydrogen-bond donors (Lipinski definition) is 4. The van der Waals surface area contributed by atoms with Crippen LogP contribution in [0, 0.1) is 24.6 Å². The monoisotopic (exact) mass is 507 g/mol. The fraction of sp³-hybridized carbons (Fsp3) is 0.385. The molecular formula is C26H30FN7O3. The Hall–Kier alpha value is -4.17. The number of fused-ring (bicyclic) bond motifs is 1. The van der Waals surface area contributed by atoms with Crippen LogP contribution in [0.15, 0.2) is 24.8 Å². The van der Waals surface area contributed by atoms with Gasteiger partial charge < -0.3 is 26.0 Å². The van der Waals surface area contributed by atoms with Crippen molar-refractivity contribution in [3.8, 4) is 11.8 Å². The number of nitrogens with one attached hydrogen (secondary N) is 1. The van der Waals surface area contributed by atoms with Crippen LogP contribution in [0.5, 0.6) is 0 Å². The normalized spacial score (nSPS) is 17.5. The number of rotatable bonds is 4. The van der Waals surface area contributed by atoms with Crippen LogP contribution in [0.1, 0.15) is 66.1 Å². The number of aromatic nitrogens is 4. The molecule has 1 saturated heterocycles. The van der Waals surface area contributed by atoms with Gasteiger partial charge in [0.1, 0.15) is 22.9 Å². The Kier molecular flexibility index (Phi) is 7.31. The van der Waals surface area contributed by atoms with Crippen LogP contribution in [0.4, 0.5) is 10.2 Å². The number of carbonyl (C=O) groups is 2. The number of benzene rings is 1. The largest absolute Gasteiger partial charge is 0.391 e. The number of aliphatic hydroxyl groups is 1. The molecule has 2 aliphatic rings. The molecule has 1 saturated carbocycles. The van der Waals surface area contributed by atoms with Gasteiger partial charge in [0.2, 0.25) is 5.91 Å². The van der Waals surface area contributed by atoms with Crippen molar-refractivity contribution in [2.45, 2.75) is 57.7 Å². The Balaban J connectivity index is 0.000000225. The van der Waals surface area contributed by atoms with Crippen molar-refractivity contribution in [3.05, 3.63) is 53.3 Å². The molecule has 11 heteroatoms. The molecule has 0 radical (unpaired) electrons. The van der Waals surface area contributed by atoms with E-state index in [1.807, 2.05) is 6.92 Å². The lowest BCUT2D eigenvalue weighted by Crippen LogP contribution is -2.40. The molecule has 0 spiro atoms. The lowest BCUT2D eigenvalue weighted by molar-refractivity contribution is -0.128. The number of aromatic amines is 1. The van der Waals surface area contributed by atoms with Gasteiger partial charge in [-0.3, -0.25) is 14.7 Å². The van der Waals surface area contributed by atoms with Crippen LogP contribution < -0.4 is 11.5 Å². The summed E-state index contributed by atoms with van der Waals surface area (Å²) in [5, 5.41) is 15.6. The number of carbonyl (C=O) groups excluding carboxylic acids is 2. The van der Waals surface area contributed by atoms with E-state index in [0.717, 1.165) is 43.6 Å². The van der Waals surface area contributed by atoms with Gasteiger partial charge in [0.05, 0.1) is 28.7 Å². The van der Waals surface area contributed by atoms with Crippen molar-refractivity contribution < 1.29 is 19.1 Å². The molecule has 10 nitrogen and oxygen atoms in total. The molecule has 2 aromatic heterocycles. The number of primary amides is 1. The van der Waals surface area contributed by atoms with E-state index in [4.69, 9.17) is 11.5 Å². The Morgan fingerprint density at radius 1 is 1.32 bits per heavy atom. The van der Waals surface area contributed by atoms with E-state index < -0.39 is 17.8 Å². The van der Waals surface area contributed by atoms with Gasteiger partial charge in [0.25, 0.3) is 5.91 Å². The highest BCUT2D eigenvalue weighted by molar-refractivity contribution is 5.99. The van der Waals surface area contributed by atoms with Gasteiger partial charge in [-0.05, 0) is 57.6 Å². The standard InChI is InChI=1S/C17H15FN6O.C9H15NO2/c1-8-21-13-6-9(11(18)7-14(13)24(8)10-3-4-10)2-5-12-15(17(20)25)16(19)23-22-12;1-3-9(12)10-6-4-5-8(10)7(2)11/h6-7,10H,3-4H2,1H3,(H2,20,25)(H3,19,22,23);3,7-8,11H,1,4-6H2,2H3. The third kappa shape index (κ3) is 5.34. The average molecular weight is 508 g/mol. The van der Waals surface area contributed by atoms with E-state index in [1.165, 1.54) is 12.1 Å². The van der Waals surface area contributed by atoms with Crippen molar-refractivity contribution >= 4 is 28.7 Å². The van der Waals surface area contributed by atoms with Crippen LogP contribution in [0.25, 0.3) is 11.0 Å². The molecule has 194 valence electrons. The fourth-order valence-corrected chi connectivity index (χ4v) is 4.64. The lowest BCUT2D eigenvalue weighted by atomic mass is 10.1. The topological polar surface area (TPSA) is 156 Å². The third-order valence-electron chi connectivity index (χ3n) is 6.54. The van der Waals surface area contributed by atoms with Gasteiger partial charge >= 0.3 is 0 Å². The third-order valence-corrected chi connectivity index (χ3v) is 6.54. The zero-order valence-electron chi connectivity index (χ0n) is 20.8. The van der Waals surface area contributed by atoms with Crippen molar-refractivity contribution in [1.29, 1.82) is 0 Å². The number of amides is 2. The molecule has 37 heavy (non-hydrogen) atoms. The minimum Gasteiger partial charge on any atom is -0.391 e. The molecule has 2 atom stereocenters. The van der Waals surface area contributed by atoms with Gasteiger partial charge in [-0.25, -0.2) is 9.37 Å². The number of hydrogen-bond acceptors (Lipinski definition) is 6. The number of likely N-dealkylation sites (tertiary alicyclic amines) is 1. The molecule has 2 amide bonds. The molecule has 3 aromatic rings. The number of nitrogens with zero attached hydrogens (tertiary/aromatic N) is 4. The van der Waals surface area contributed by atoms with Crippen molar-refractivity contribution in [1.82, 2.24) is 24.6 Å². The molecule has 2 unspecified atom stereocenters. The number of imidazole rings is 1. The van der Waals surface area contributed by atoms with Crippen LogP contribution >= 0.6 is 0 Å². The molecule has 1 aliphatic carbocycles. The zero-order valence-corrected chi connectivity index (χ0v) is 20.8. The number of nitrogens with two attached hydrogens (primary N) is 2. The maximum absolute atomic E-state index is 14.5. The summed E-state index contributed by atoms with van der Waals surface area (Å²) in [6.07, 6.45) is 4.93. The minimum atomic E-state index is -0.745. The summed E-state index contributed by atoms with van der Waals surface area (Å²) < 4.78 is 16.5. The van der Waals surface area contributed by atoms with E-state index in [9.17, 15) is 19.1 Å². The number of anilines is 1. The van der Waals surface area contributed by atoms with Crippen molar-refractivity contribution in [2.75, 3.05) is 12.3 Å². The van der Waals surface area contributed by atoms with Gasteiger partial charge in [-0.2, -0.15) is 5.10 Å². The summed E-state index contributed by atoms with van der Waals surface area (Å²) in [6, 6.07) is 3.46. The summed E-state index contributed by atoms with van der Waals surface area (Å²) in [7, 11) is 0. The van der Waals surface area contributed by atoms with E-state index in [-0.39, 0.29) is 34.6 Å². The van der Waals surface area contributed by atoms with Crippen LogP contribution in [0.3, 0.4) is 0 Å². The van der Waals surface area contributed by atoms with E-state index in [0.29, 0.717) is 11.6 Å². The molecule has 3 heterocycles. The van der Waals surface area contributed by atoms with Gasteiger partial charge in [-0.1, -0.05) is 12.5 Å². The van der Waals surface area contributed by atoms with E-state index in [1.54, 1.807) is 17.9 Å². The molecule has 6 N–H and O–H groups in total. The van der Waals surface area contributed by atoms with Crippen LogP contribution in [-0.2, 0) is 4.79 Å². The fourth-order valence-electron chi connectivity index (χ4n) is 4.64. The first-order valence-electron chi connectivity index (χ1n) is 12.1. The number of aryl methyl sites for hydroxylation is 1. The molecule has 1 aliphatic heterocycles. The lowest BCUT2D eigenvalue weighted by Gasteiger charge is -2.25. The summed E-state index contributed by atoms with van der Waals surface area (Å²) in [6.45, 7) is 7.81. The van der Waals surface area contributed by atoms with Gasteiger partial charge in [-0.15, -0.1) is 0 Å². The SMILES string of the molecule is C=CC(=O)N1CCCC1C(C)O.Cc1nc2cc(C#Cc3[nH]nc(N)c3C(N)=O)c(F)cc2n1C1CC1. The van der Waals surface area contributed by atoms with Crippen LogP contribution in [-0.4, -0.2) is 60.3 Å². The first kappa shape index (κ1) is 25.9. The Morgan fingerprint density at radius 2 is 2.05 bits per heavy atom. The predicted molar refractivity (Wildman–Crippen MR) is 137 cm³/mol. The van der Waals surface area contributed by atoms with Gasteiger partial charge in [0, 0.05) is 18.7 Å². The highest BCUT2D eigenvalue weighted by Gasteiger charge is 2.30. The summed E-state index contributed by atoms with van der Waals surface area (Å²) in [4.78, 5) is 28.8. The Bertz CT molecular complexity index is 1430. The maximum atomic E-state index is 14.5. The summed E-state index contributed by atoms with van der Waals surface area (Å²) in [5.74, 6) is 4.92. The second-order valence-electron chi connectivity index (χ2n) is 9.24. The predicted octanol–water partition coefficient (Wildman–Crippen LogP) is 2.17. The van der Waals surface area contributed by atoms with E-state index in [2.05, 4.69) is 38.2 Å². The Morgan fingerprint density at radius 3 is 2.68 bits per heavy atom.